The van der Waals surface area contributed by atoms with Gasteiger partial charge in [-0.2, -0.15) is 0 Å². The fraction of sp³-hybridized carbons (Fsp3) is 0.571. The van der Waals surface area contributed by atoms with Gasteiger partial charge in [0.1, 0.15) is 4.90 Å². The summed E-state index contributed by atoms with van der Waals surface area (Å²) in [7, 11) is -3.68. The summed E-state index contributed by atoms with van der Waals surface area (Å²) < 4.78 is 27.8. The third kappa shape index (κ3) is 2.95. The van der Waals surface area contributed by atoms with Crippen LogP contribution in [0.3, 0.4) is 0 Å². The van der Waals surface area contributed by atoms with Gasteiger partial charge in [-0.3, -0.25) is 0 Å². The zero-order chi connectivity index (χ0) is 14.9. The van der Waals surface area contributed by atoms with Gasteiger partial charge in [-0.05, 0) is 36.8 Å². The zero-order valence-corrected chi connectivity index (χ0v) is 13.3. The van der Waals surface area contributed by atoms with Crippen LogP contribution >= 0.6 is 11.6 Å². The predicted octanol–water partition coefficient (Wildman–Crippen LogP) is 3.03. The Morgan fingerprint density at radius 2 is 2.10 bits per heavy atom. The van der Waals surface area contributed by atoms with Crippen LogP contribution in [-0.4, -0.2) is 14.5 Å². The topological polar surface area (TPSA) is 72.2 Å². The van der Waals surface area contributed by atoms with E-state index >= 15 is 0 Å². The molecule has 6 heteroatoms. The van der Waals surface area contributed by atoms with E-state index in [1.807, 2.05) is 0 Å². The molecule has 1 aromatic rings. The molecule has 3 N–H and O–H groups in total. The fourth-order valence-corrected chi connectivity index (χ4v) is 5.10. The molecule has 0 spiro atoms. The average molecular weight is 317 g/mol. The Hall–Kier alpha value is -0.780. The molecular weight excluding hydrogens is 296 g/mol. The monoisotopic (exact) mass is 316 g/mol. The summed E-state index contributed by atoms with van der Waals surface area (Å²) in [6.07, 6.45) is 3.00. The van der Waals surface area contributed by atoms with Crippen molar-refractivity contribution >= 4 is 27.3 Å². The van der Waals surface area contributed by atoms with Crippen molar-refractivity contribution in [2.75, 3.05) is 5.73 Å². The van der Waals surface area contributed by atoms with Crippen molar-refractivity contribution in [2.45, 2.75) is 44.0 Å². The van der Waals surface area contributed by atoms with Crippen molar-refractivity contribution in [3.8, 4) is 0 Å². The minimum Gasteiger partial charge on any atom is -0.398 e. The number of hydrogen-bond donors (Lipinski definition) is 2. The van der Waals surface area contributed by atoms with Crippen LogP contribution in [0, 0.1) is 11.8 Å². The average Bonchev–Trinajstić information content (AvgIpc) is 2.69. The lowest BCUT2D eigenvalue weighted by molar-refractivity contribution is 0.368. The second kappa shape index (κ2) is 5.92. The Labute approximate surface area is 125 Å². The van der Waals surface area contributed by atoms with Gasteiger partial charge in [0.2, 0.25) is 10.0 Å². The second-order valence-electron chi connectivity index (χ2n) is 5.49. The normalized spacial score (nSPS) is 26.9. The van der Waals surface area contributed by atoms with E-state index < -0.39 is 10.0 Å². The largest absolute Gasteiger partial charge is 0.398 e. The number of nitrogen functional groups attached to an aromatic ring is 1. The molecule has 3 atom stereocenters. The van der Waals surface area contributed by atoms with Crippen molar-refractivity contribution in [1.29, 1.82) is 0 Å². The molecular formula is C14H21ClN2O2S. The highest BCUT2D eigenvalue weighted by molar-refractivity contribution is 7.89. The first-order valence-corrected chi connectivity index (χ1v) is 8.79. The number of sulfonamides is 1. The number of hydrogen-bond acceptors (Lipinski definition) is 3. The maximum absolute atomic E-state index is 12.5. The molecule has 0 saturated heterocycles. The summed E-state index contributed by atoms with van der Waals surface area (Å²) in [6.45, 7) is 4.24. The first-order valence-electron chi connectivity index (χ1n) is 6.93. The standard InChI is InChI=1S/C14H21ClN2O2S/c1-3-10-7-8-13(9(10)2)17-20(18,19)14-11(15)5-4-6-12(14)16/h4-6,9-10,13,17H,3,7-8,16H2,1-2H3. The van der Waals surface area contributed by atoms with Crippen LogP contribution in [0.1, 0.15) is 33.1 Å². The first-order chi connectivity index (χ1) is 9.36. The molecule has 0 heterocycles. The summed E-state index contributed by atoms with van der Waals surface area (Å²) in [5.74, 6) is 0.907. The number of benzene rings is 1. The molecule has 1 aliphatic rings. The molecule has 0 amide bonds. The number of nitrogens with one attached hydrogen (secondary N) is 1. The predicted molar refractivity (Wildman–Crippen MR) is 82.2 cm³/mol. The smallest absolute Gasteiger partial charge is 0.244 e. The molecule has 1 aromatic carbocycles. The van der Waals surface area contributed by atoms with Gasteiger partial charge in [0, 0.05) is 6.04 Å². The van der Waals surface area contributed by atoms with E-state index in [0.717, 1.165) is 19.3 Å². The zero-order valence-electron chi connectivity index (χ0n) is 11.8. The molecule has 1 fully saturated rings. The minimum atomic E-state index is -3.68. The Kier molecular flexibility index (Phi) is 4.62. The van der Waals surface area contributed by atoms with Crippen LogP contribution in [-0.2, 0) is 10.0 Å². The van der Waals surface area contributed by atoms with E-state index in [1.165, 1.54) is 0 Å². The van der Waals surface area contributed by atoms with E-state index in [0.29, 0.717) is 11.8 Å². The van der Waals surface area contributed by atoms with Crippen LogP contribution in [0.4, 0.5) is 5.69 Å². The van der Waals surface area contributed by atoms with Crippen molar-refractivity contribution in [3.05, 3.63) is 23.2 Å². The molecule has 1 aliphatic carbocycles. The van der Waals surface area contributed by atoms with E-state index in [2.05, 4.69) is 18.6 Å². The van der Waals surface area contributed by atoms with Crippen molar-refractivity contribution < 1.29 is 8.42 Å². The van der Waals surface area contributed by atoms with E-state index in [4.69, 9.17) is 17.3 Å². The molecule has 0 aromatic heterocycles. The highest BCUT2D eigenvalue weighted by Gasteiger charge is 2.35. The Morgan fingerprint density at radius 3 is 2.65 bits per heavy atom. The summed E-state index contributed by atoms with van der Waals surface area (Å²) in [5.41, 5.74) is 5.95. The lowest BCUT2D eigenvalue weighted by Crippen LogP contribution is -2.37. The number of halogens is 1. The van der Waals surface area contributed by atoms with Crippen molar-refractivity contribution in [3.63, 3.8) is 0 Å². The number of rotatable bonds is 4. The molecule has 4 nitrogen and oxygen atoms in total. The lowest BCUT2D eigenvalue weighted by atomic mass is 9.94. The van der Waals surface area contributed by atoms with Gasteiger partial charge in [0.15, 0.2) is 0 Å². The minimum absolute atomic E-state index is 0.00573. The summed E-state index contributed by atoms with van der Waals surface area (Å²) in [6, 6.07) is 4.69. The number of anilines is 1. The molecule has 0 aliphatic heterocycles. The SMILES string of the molecule is CCC1CCC(NS(=O)(=O)c2c(N)cccc2Cl)C1C. The van der Waals surface area contributed by atoms with Gasteiger partial charge in [-0.15, -0.1) is 0 Å². The maximum atomic E-state index is 12.5. The van der Waals surface area contributed by atoms with Gasteiger partial charge in [-0.1, -0.05) is 37.9 Å². The summed E-state index contributed by atoms with van der Waals surface area (Å²) in [5, 5.41) is 0.162. The number of nitrogens with two attached hydrogens (primary N) is 1. The Bertz CT molecular complexity index is 569. The van der Waals surface area contributed by atoms with Crippen LogP contribution < -0.4 is 10.5 Å². The molecule has 20 heavy (non-hydrogen) atoms. The van der Waals surface area contributed by atoms with Crippen LogP contribution in [0.25, 0.3) is 0 Å². The van der Waals surface area contributed by atoms with Gasteiger partial charge >= 0.3 is 0 Å². The van der Waals surface area contributed by atoms with Gasteiger partial charge < -0.3 is 5.73 Å². The van der Waals surface area contributed by atoms with Crippen LogP contribution in [0.5, 0.6) is 0 Å². The maximum Gasteiger partial charge on any atom is 0.244 e. The van der Waals surface area contributed by atoms with Gasteiger partial charge in [0.25, 0.3) is 0 Å². The highest BCUT2D eigenvalue weighted by atomic mass is 35.5. The third-order valence-electron chi connectivity index (χ3n) is 4.32. The van der Waals surface area contributed by atoms with E-state index in [9.17, 15) is 8.42 Å². The van der Waals surface area contributed by atoms with Gasteiger partial charge in [-0.25, -0.2) is 13.1 Å². The second-order valence-corrected chi connectivity index (χ2v) is 7.55. The van der Waals surface area contributed by atoms with E-state index in [1.54, 1.807) is 18.2 Å². The molecule has 2 rings (SSSR count). The Morgan fingerprint density at radius 1 is 1.40 bits per heavy atom. The first kappa shape index (κ1) is 15.6. The highest BCUT2D eigenvalue weighted by Crippen LogP contribution is 2.35. The van der Waals surface area contributed by atoms with Crippen LogP contribution in [0.15, 0.2) is 23.1 Å². The molecule has 0 bridgehead atoms. The van der Waals surface area contributed by atoms with Gasteiger partial charge in [0.05, 0.1) is 10.7 Å². The van der Waals surface area contributed by atoms with Crippen LogP contribution in [0.2, 0.25) is 5.02 Å². The molecule has 1 saturated carbocycles. The summed E-state index contributed by atoms with van der Waals surface area (Å²) in [4.78, 5) is -0.00573. The fourth-order valence-electron chi connectivity index (χ4n) is 3.06. The third-order valence-corrected chi connectivity index (χ3v) is 6.36. The summed E-state index contributed by atoms with van der Waals surface area (Å²) >= 11 is 5.99. The molecule has 0 radical (unpaired) electrons. The lowest BCUT2D eigenvalue weighted by Gasteiger charge is -2.21. The van der Waals surface area contributed by atoms with Crippen molar-refractivity contribution in [1.82, 2.24) is 4.72 Å². The van der Waals surface area contributed by atoms with Crippen molar-refractivity contribution in [2.24, 2.45) is 11.8 Å². The molecule has 112 valence electrons. The van der Waals surface area contributed by atoms with E-state index in [-0.39, 0.29) is 21.6 Å². The molecule has 3 unspecified atom stereocenters. The Balaban J connectivity index is 2.25. The quantitative estimate of drug-likeness (QED) is 0.839.